The molecule has 0 saturated heterocycles. The Morgan fingerprint density at radius 3 is 2.31 bits per heavy atom. The fourth-order valence-electron chi connectivity index (χ4n) is 0.783. The number of anilines is 1. The van der Waals surface area contributed by atoms with Gasteiger partial charge in [-0.1, -0.05) is 12.1 Å². The molecule has 69 valence electrons. The van der Waals surface area contributed by atoms with Gasteiger partial charge in [-0.05, 0) is 6.07 Å². The zero-order chi connectivity index (χ0) is 9.35. The van der Waals surface area contributed by atoms with Gasteiger partial charge in [0.15, 0.2) is 0 Å². The minimum atomic E-state index is -4.26. The number of hydrogen-bond acceptors (Lipinski definition) is 3. The summed E-state index contributed by atoms with van der Waals surface area (Å²) in [6, 6.07) is 3.48. The Morgan fingerprint density at radius 2 is 1.92 bits per heavy atom. The Morgan fingerprint density at radius 1 is 1.38 bits per heavy atom. The van der Waals surface area contributed by atoms with Crippen LogP contribution in [0.25, 0.3) is 5.73 Å². The van der Waals surface area contributed by atoms with E-state index in [1.807, 2.05) is 0 Å². The SMILES string of the molecule is [NH-]c1ccc(S(=O)(=O)O)c(N)c1.[Y]. The average Bonchev–Trinajstić information content (AvgIpc) is 1.83. The fourth-order valence-corrected chi connectivity index (χ4v) is 1.38. The second-order valence-electron chi connectivity index (χ2n) is 2.23. The molecule has 0 aromatic heterocycles. The molecule has 0 fully saturated rings. The molecule has 1 radical (unpaired) electrons. The third kappa shape index (κ3) is 3.23. The van der Waals surface area contributed by atoms with Crippen molar-refractivity contribution < 1.29 is 45.7 Å². The summed E-state index contributed by atoms with van der Waals surface area (Å²) in [5.41, 5.74) is 12.3. The molecular weight excluding hydrogens is 269 g/mol. The summed E-state index contributed by atoms with van der Waals surface area (Å²) in [4.78, 5) is -0.362. The van der Waals surface area contributed by atoms with Crippen molar-refractivity contribution in [1.82, 2.24) is 0 Å². The number of benzene rings is 1. The van der Waals surface area contributed by atoms with Crippen LogP contribution in [-0.2, 0) is 42.8 Å². The molecule has 0 unspecified atom stereocenters. The topological polar surface area (TPSA) is 104 Å². The Balaban J connectivity index is 0.00000144. The number of hydrogen-bond donors (Lipinski definition) is 2. The summed E-state index contributed by atoms with van der Waals surface area (Å²) < 4.78 is 29.8. The van der Waals surface area contributed by atoms with Crippen molar-refractivity contribution in [3.63, 3.8) is 0 Å². The molecule has 0 atom stereocenters. The summed E-state index contributed by atoms with van der Waals surface area (Å²) in [7, 11) is -4.26. The summed E-state index contributed by atoms with van der Waals surface area (Å²) in [5, 5.41) is 0. The van der Waals surface area contributed by atoms with Crippen LogP contribution < -0.4 is 5.73 Å². The van der Waals surface area contributed by atoms with Crippen LogP contribution in [-0.4, -0.2) is 13.0 Å². The maximum atomic E-state index is 10.6. The fraction of sp³-hybridized carbons (Fsp3) is 0. The van der Waals surface area contributed by atoms with Crippen LogP contribution in [0.3, 0.4) is 0 Å². The smallest absolute Gasteiger partial charge is 0.296 e. The standard InChI is InChI=1S/C6H7N2O3S.Y/c7-4-1-2-6(5(8)3-4)12(9,10)11;/h1-3,7H,8H2,(H,9,10,11);/q-1;. The molecule has 0 amide bonds. The van der Waals surface area contributed by atoms with Gasteiger partial charge in [-0.3, -0.25) is 4.55 Å². The summed E-state index contributed by atoms with van der Waals surface area (Å²) in [5.74, 6) is 0. The first-order valence-corrected chi connectivity index (χ1v) is 4.44. The molecule has 0 aliphatic heterocycles. The van der Waals surface area contributed by atoms with Crippen LogP contribution >= 0.6 is 0 Å². The monoisotopic (exact) mass is 276 g/mol. The maximum Gasteiger partial charge on any atom is 0.296 e. The van der Waals surface area contributed by atoms with Crippen molar-refractivity contribution in [2.45, 2.75) is 4.90 Å². The Bertz CT molecular complexity index is 404. The van der Waals surface area contributed by atoms with E-state index in [-0.39, 0.29) is 49.0 Å². The van der Waals surface area contributed by atoms with Gasteiger partial charge in [-0.25, -0.2) is 0 Å². The normalized spacial score (nSPS) is 10.5. The van der Waals surface area contributed by atoms with Gasteiger partial charge in [0.1, 0.15) is 4.90 Å². The van der Waals surface area contributed by atoms with E-state index >= 15 is 0 Å². The summed E-state index contributed by atoms with van der Waals surface area (Å²) >= 11 is 0. The molecule has 1 rings (SSSR count). The van der Waals surface area contributed by atoms with Crippen LogP contribution in [0, 0.1) is 0 Å². The van der Waals surface area contributed by atoms with E-state index in [4.69, 9.17) is 16.0 Å². The molecule has 13 heavy (non-hydrogen) atoms. The largest absolute Gasteiger partial charge is 0.699 e. The van der Waals surface area contributed by atoms with Crippen LogP contribution in [0.2, 0.25) is 0 Å². The first kappa shape index (κ1) is 12.8. The van der Waals surface area contributed by atoms with Crippen LogP contribution in [0.4, 0.5) is 11.4 Å². The molecule has 4 N–H and O–H groups in total. The molecule has 5 nitrogen and oxygen atoms in total. The van der Waals surface area contributed by atoms with Gasteiger partial charge in [-0.15, -0.1) is 5.69 Å². The van der Waals surface area contributed by atoms with E-state index in [2.05, 4.69) is 0 Å². The average molecular weight is 276 g/mol. The predicted octanol–water partition coefficient (Wildman–Crippen LogP) is 1.20. The number of nitrogens with one attached hydrogen (secondary N) is 1. The van der Waals surface area contributed by atoms with Gasteiger partial charge in [-0.2, -0.15) is 8.42 Å². The van der Waals surface area contributed by atoms with Crippen molar-refractivity contribution >= 4 is 21.5 Å². The van der Waals surface area contributed by atoms with E-state index in [1.165, 1.54) is 6.07 Å². The van der Waals surface area contributed by atoms with E-state index in [0.717, 1.165) is 12.1 Å². The minimum absolute atomic E-state index is 0. The van der Waals surface area contributed by atoms with Crippen molar-refractivity contribution in [3.8, 4) is 0 Å². The van der Waals surface area contributed by atoms with Crippen LogP contribution in [0.15, 0.2) is 23.1 Å². The van der Waals surface area contributed by atoms with Gasteiger partial charge < -0.3 is 11.5 Å². The second-order valence-corrected chi connectivity index (χ2v) is 3.62. The van der Waals surface area contributed by atoms with Crippen molar-refractivity contribution in [1.29, 1.82) is 0 Å². The van der Waals surface area contributed by atoms with E-state index in [9.17, 15) is 8.42 Å². The maximum absolute atomic E-state index is 10.6. The van der Waals surface area contributed by atoms with Crippen molar-refractivity contribution in [3.05, 3.63) is 23.9 Å². The zero-order valence-electron chi connectivity index (χ0n) is 6.56. The molecule has 0 heterocycles. The van der Waals surface area contributed by atoms with E-state index in [0.29, 0.717) is 0 Å². The van der Waals surface area contributed by atoms with E-state index in [1.54, 1.807) is 0 Å². The van der Waals surface area contributed by atoms with Crippen LogP contribution in [0.5, 0.6) is 0 Å². The van der Waals surface area contributed by atoms with Gasteiger partial charge in [0, 0.05) is 32.7 Å². The van der Waals surface area contributed by atoms with Gasteiger partial charge >= 0.3 is 0 Å². The van der Waals surface area contributed by atoms with E-state index < -0.39 is 10.1 Å². The van der Waals surface area contributed by atoms with Gasteiger partial charge in [0.2, 0.25) is 0 Å². The third-order valence-electron chi connectivity index (χ3n) is 1.29. The van der Waals surface area contributed by atoms with Gasteiger partial charge in [0.05, 0.1) is 5.69 Å². The molecule has 0 bridgehead atoms. The molecule has 0 saturated carbocycles. The molecular formula is C6H7N2O3SY-. The van der Waals surface area contributed by atoms with Gasteiger partial charge in [0.25, 0.3) is 10.1 Å². The summed E-state index contributed by atoms with van der Waals surface area (Å²) in [6.07, 6.45) is 0. The molecule has 1 aromatic rings. The Labute approximate surface area is 101 Å². The molecule has 0 aliphatic carbocycles. The minimum Gasteiger partial charge on any atom is -0.699 e. The zero-order valence-corrected chi connectivity index (χ0v) is 10.2. The molecule has 7 heteroatoms. The predicted molar refractivity (Wildman–Crippen MR) is 44.7 cm³/mol. The second kappa shape index (κ2) is 4.37. The summed E-state index contributed by atoms with van der Waals surface area (Å²) in [6.45, 7) is 0. The molecule has 0 aliphatic rings. The number of nitrogens with two attached hydrogens (primary N) is 1. The molecule has 0 spiro atoms. The number of rotatable bonds is 1. The quantitative estimate of drug-likeness (QED) is 0.593. The van der Waals surface area contributed by atoms with Crippen molar-refractivity contribution in [2.24, 2.45) is 0 Å². The number of nitrogen functional groups attached to an aromatic ring is 1. The van der Waals surface area contributed by atoms with Crippen molar-refractivity contribution in [2.75, 3.05) is 5.73 Å². The van der Waals surface area contributed by atoms with Crippen LogP contribution in [0.1, 0.15) is 0 Å². The Hall–Kier alpha value is -0.166. The third-order valence-corrected chi connectivity index (χ3v) is 2.22. The molecule has 1 aromatic carbocycles. The first-order valence-electron chi connectivity index (χ1n) is 3.00. The first-order chi connectivity index (χ1) is 5.41. The Kier molecular flexibility index (Phi) is 4.31.